The summed E-state index contributed by atoms with van der Waals surface area (Å²) in [6.07, 6.45) is 0.913. The van der Waals surface area contributed by atoms with Crippen molar-refractivity contribution in [2.75, 3.05) is 27.2 Å². The van der Waals surface area contributed by atoms with E-state index in [1.807, 2.05) is 39.2 Å². The fourth-order valence-electron chi connectivity index (χ4n) is 1.59. The third-order valence-corrected chi connectivity index (χ3v) is 3.06. The fraction of sp³-hybridized carbons (Fsp3) is 0.538. The molecule has 96 valence electrons. The first kappa shape index (κ1) is 14.3. The highest BCUT2D eigenvalue weighted by Gasteiger charge is 2.12. The molecular weight excluding hydrogens is 236 g/mol. The highest BCUT2D eigenvalue weighted by Crippen LogP contribution is 2.25. The second-order valence-corrected chi connectivity index (χ2v) is 4.85. The largest absolute Gasteiger partial charge is 0.490 e. The molecule has 3 nitrogen and oxygen atoms in total. The average Bonchev–Trinajstić information content (AvgIpc) is 2.28. The van der Waals surface area contributed by atoms with Gasteiger partial charge in [-0.25, -0.2) is 0 Å². The van der Waals surface area contributed by atoms with Crippen molar-refractivity contribution >= 4 is 11.6 Å². The minimum Gasteiger partial charge on any atom is -0.490 e. The van der Waals surface area contributed by atoms with Gasteiger partial charge in [-0.05, 0) is 51.7 Å². The van der Waals surface area contributed by atoms with Gasteiger partial charge in [0, 0.05) is 6.04 Å². The zero-order valence-corrected chi connectivity index (χ0v) is 11.5. The van der Waals surface area contributed by atoms with Crippen molar-refractivity contribution in [3.8, 4) is 5.75 Å². The van der Waals surface area contributed by atoms with Crippen molar-refractivity contribution < 1.29 is 4.74 Å². The van der Waals surface area contributed by atoms with Crippen molar-refractivity contribution in [2.24, 2.45) is 5.73 Å². The SMILES string of the molecule is Cc1ccc(Cl)c(OCC(CCN)N(C)C)c1. The molecule has 1 aromatic rings. The summed E-state index contributed by atoms with van der Waals surface area (Å²) in [6, 6.07) is 6.10. The fourth-order valence-corrected chi connectivity index (χ4v) is 1.76. The van der Waals surface area contributed by atoms with Gasteiger partial charge in [0.2, 0.25) is 0 Å². The monoisotopic (exact) mass is 256 g/mol. The highest BCUT2D eigenvalue weighted by molar-refractivity contribution is 6.32. The molecule has 1 rings (SSSR count). The van der Waals surface area contributed by atoms with Gasteiger partial charge in [-0.1, -0.05) is 17.7 Å². The van der Waals surface area contributed by atoms with E-state index in [1.54, 1.807) is 0 Å². The average molecular weight is 257 g/mol. The second-order valence-electron chi connectivity index (χ2n) is 4.44. The van der Waals surface area contributed by atoms with E-state index in [4.69, 9.17) is 22.1 Å². The van der Waals surface area contributed by atoms with E-state index >= 15 is 0 Å². The Labute approximate surface area is 109 Å². The number of hydrogen-bond donors (Lipinski definition) is 1. The number of ether oxygens (including phenoxy) is 1. The number of nitrogens with two attached hydrogens (primary N) is 1. The van der Waals surface area contributed by atoms with Gasteiger partial charge in [-0.3, -0.25) is 0 Å². The standard InChI is InChI=1S/C13H21ClN2O/c1-10-4-5-12(14)13(8-10)17-9-11(6-7-15)16(2)3/h4-5,8,11H,6-7,9,15H2,1-3H3. The molecule has 1 aromatic carbocycles. The first-order chi connectivity index (χ1) is 8.04. The van der Waals surface area contributed by atoms with Crippen LogP contribution in [0.3, 0.4) is 0 Å². The lowest BCUT2D eigenvalue weighted by Crippen LogP contribution is -2.35. The topological polar surface area (TPSA) is 38.5 Å². The van der Waals surface area contributed by atoms with Gasteiger partial charge in [-0.2, -0.15) is 0 Å². The van der Waals surface area contributed by atoms with Crippen LogP contribution in [0.4, 0.5) is 0 Å². The molecule has 0 heterocycles. The highest BCUT2D eigenvalue weighted by atomic mass is 35.5. The number of halogens is 1. The number of rotatable bonds is 6. The summed E-state index contributed by atoms with van der Waals surface area (Å²) in [5.41, 5.74) is 6.73. The minimum atomic E-state index is 0.316. The Morgan fingerprint density at radius 1 is 1.41 bits per heavy atom. The Hall–Kier alpha value is -0.770. The van der Waals surface area contributed by atoms with Crippen molar-refractivity contribution in [1.29, 1.82) is 0 Å². The Kier molecular flexibility index (Phi) is 5.75. The first-order valence-electron chi connectivity index (χ1n) is 5.80. The number of aryl methyl sites for hydroxylation is 1. The van der Waals surface area contributed by atoms with E-state index in [9.17, 15) is 0 Å². The molecule has 4 heteroatoms. The Balaban J connectivity index is 2.61. The Bertz CT molecular complexity index is 355. The molecule has 1 unspecified atom stereocenters. The van der Waals surface area contributed by atoms with Gasteiger partial charge in [0.05, 0.1) is 5.02 Å². The number of likely N-dealkylation sites (N-methyl/N-ethyl adjacent to an activating group) is 1. The Morgan fingerprint density at radius 3 is 2.71 bits per heavy atom. The zero-order valence-electron chi connectivity index (χ0n) is 10.7. The van der Waals surface area contributed by atoms with Crippen LogP contribution in [0.25, 0.3) is 0 Å². The van der Waals surface area contributed by atoms with Gasteiger partial charge in [0.15, 0.2) is 0 Å². The molecule has 17 heavy (non-hydrogen) atoms. The van der Waals surface area contributed by atoms with Gasteiger partial charge in [0.25, 0.3) is 0 Å². The van der Waals surface area contributed by atoms with Crippen molar-refractivity contribution in [1.82, 2.24) is 4.90 Å². The molecule has 2 N–H and O–H groups in total. The van der Waals surface area contributed by atoms with Crippen LogP contribution in [0, 0.1) is 6.92 Å². The number of nitrogens with zero attached hydrogens (tertiary/aromatic N) is 1. The summed E-state index contributed by atoms with van der Waals surface area (Å²) < 4.78 is 5.76. The van der Waals surface area contributed by atoms with Crippen LogP contribution in [-0.4, -0.2) is 38.2 Å². The zero-order chi connectivity index (χ0) is 12.8. The van der Waals surface area contributed by atoms with E-state index in [1.165, 1.54) is 0 Å². The molecule has 0 aliphatic heterocycles. The van der Waals surface area contributed by atoms with Crippen LogP contribution < -0.4 is 10.5 Å². The van der Waals surface area contributed by atoms with Crippen molar-refractivity contribution in [3.05, 3.63) is 28.8 Å². The van der Waals surface area contributed by atoms with Gasteiger partial charge in [-0.15, -0.1) is 0 Å². The van der Waals surface area contributed by atoms with E-state index in [-0.39, 0.29) is 0 Å². The van der Waals surface area contributed by atoms with Crippen LogP contribution in [0.15, 0.2) is 18.2 Å². The molecule has 0 saturated heterocycles. The molecular formula is C13H21ClN2O. The van der Waals surface area contributed by atoms with Gasteiger partial charge >= 0.3 is 0 Å². The predicted molar refractivity (Wildman–Crippen MR) is 72.8 cm³/mol. The Morgan fingerprint density at radius 2 is 2.12 bits per heavy atom. The molecule has 0 radical (unpaired) electrons. The third kappa shape index (κ3) is 4.54. The van der Waals surface area contributed by atoms with E-state index < -0.39 is 0 Å². The van der Waals surface area contributed by atoms with Crippen LogP contribution in [-0.2, 0) is 0 Å². The molecule has 0 aliphatic rings. The third-order valence-electron chi connectivity index (χ3n) is 2.75. The van der Waals surface area contributed by atoms with Crippen molar-refractivity contribution in [2.45, 2.75) is 19.4 Å². The summed E-state index contributed by atoms with van der Waals surface area (Å²) in [5, 5.41) is 0.654. The predicted octanol–water partition coefficient (Wildman–Crippen LogP) is 2.31. The number of hydrogen-bond acceptors (Lipinski definition) is 3. The molecule has 0 saturated carbocycles. The van der Waals surface area contributed by atoms with Gasteiger partial charge in [0.1, 0.15) is 12.4 Å². The molecule has 0 bridgehead atoms. The minimum absolute atomic E-state index is 0.316. The maximum Gasteiger partial charge on any atom is 0.138 e. The van der Waals surface area contributed by atoms with Crippen LogP contribution in [0.5, 0.6) is 5.75 Å². The number of benzene rings is 1. The smallest absolute Gasteiger partial charge is 0.138 e. The van der Waals surface area contributed by atoms with Crippen LogP contribution >= 0.6 is 11.6 Å². The van der Waals surface area contributed by atoms with Crippen molar-refractivity contribution in [3.63, 3.8) is 0 Å². The summed E-state index contributed by atoms with van der Waals surface area (Å²) >= 11 is 6.07. The molecule has 0 aromatic heterocycles. The second kappa shape index (κ2) is 6.84. The summed E-state index contributed by atoms with van der Waals surface area (Å²) in [4.78, 5) is 2.12. The normalized spacial score (nSPS) is 12.8. The maximum absolute atomic E-state index is 6.07. The van der Waals surface area contributed by atoms with Gasteiger partial charge < -0.3 is 15.4 Å². The molecule has 1 atom stereocenters. The molecule has 0 aliphatic carbocycles. The van der Waals surface area contributed by atoms with Crippen LogP contribution in [0.1, 0.15) is 12.0 Å². The summed E-state index contributed by atoms with van der Waals surface area (Å²) in [5.74, 6) is 0.746. The maximum atomic E-state index is 6.07. The molecule has 0 fully saturated rings. The quantitative estimate of drug-likeness (QED) is 0.849. The van der Waals surface area contributed by atoms with E-state index in [0.717, 1.165) is 17.7 Å². The van der Waals surface area contributed by atoms with E-state index in [2.05, 4.69) is 4.90 Å². The molecule has 0 amide bonds. The first-order valence-corrected chi connectivity index (χ1v) is 6.18. The lowest BCUT2D eigenvalue weighted by atomic mass is 10.2. The van der Waals surface area contributed by atoms with E-state index in [0.29, 0.717) is 24.2 Å². The molecule has 0 spiro atoms. The summed E-state index contributed by atoms with van der Waals surface area (Å²) in [7, 11) is 4.06. The summed E-state index contributed by atoms with van der Waals surface area (Å²) in [6.45, 7) is 3.29. The lowest BCUT2D eigenvalue weighted by molar-refractivity contribution is 0.179. The lowest BCUT2D eigenvalue weighted by Gasteiger charge is -2.24. The van der Waals surface area contributed by atoms with Crippen LogP contribution in [0.2, 0.25) is 5.02 Å².